The largest absolute Gasteiger partial charge is 0.379 e. The first-order chi connectivity index (χ1) is 17.3. The SMILES string of the molecule is NC(=O)C1CCN(c2ccc(NC(=O)[C@@H]3C[C@H]3c3ccccc3)cc2S(=O)(=O)N2CCOCC2)CC1. The van der Waals surface area contributed by atoms with Crippen LogP contribution in [0.5, 0.6) is 0 Å². The van der Waals surface area contributed by atoms with E-state index in [4.69, 9.17) is 10.5 Å². The molecule has 3 aliphatic rings. The summed E-state index contributed by atoms with van der Waals surface area (Å²) >= 11 is 0. The predicted octanol–water partition coefficient (Wildman–Crippen LogP) is 2.15. The highest BCUT2D eigenvalue weighted by Crippen LogP contribution is 2.48. The summed E-state index contributed by atoms with van der Waals surface area (Å²) in [7, 11) is -3.82. The second-order valence-electron chi connectivity index (χ2n) is 9.71. The summed E-state index contributed by atoms with van der Waals surface area (Å²) in [6.07, 6.45) is 1.93. The summed E-state index contributed by atoms with van der Waals surface area (Å²) in [5.41, 5.74) is 7.66. The van der Waals surface area contributed by atoms with Crippen LogP contribution in [0.15, 0.2) is 53.4 Å². The molecule has 2 amide bonds. The number of morpholine rings is 1. The summed E-state index contributed by atoms with van der Waals surface area (Å²) < 4.78 is 34.2. The van der Waals surface area contributed by atoms with Gasteiger partial charge in [0, 0.05) is 43.7 Å². The fraction of sp³-hybridized carbons (Fsp3) is 0.462. The third-order valence-electron chi connectivity index (χ3n) is 7.41. The van der Waals surface area contributed by atoms with Crippen molar-refractivity contribution in [3.63, 3.8) is 0 Å². The molecule has 1 aliphatic carbocycles. The molecule has 3 N–H and O–H groups in total. The Bertz CT molecular complexity index is 1220. The molecule has 2 saturated heterocycles. The van der Waals surface area contributed by atoms with Crippen LogP contribution in [0.2, 0.25) is 0 Å². The molecule has 0 aromatic heterocycles. The molecule has 1 saturated carbocycles. The molecule has 0 radical (unpaired) electrons. The normalized spacial score (nSPS) is 23.3. The molecule has 2 aromatic carbocycles. The van der Waals surface area contributed by atoms with E-state index in [9.17, 15) is 18.0 Å². The molecule has 5 rings (SSSR count). The number of carbonyl (C=O) groups is 2. The molecule has 0 unspecified atom stereocenters. The highest BCUT2D eigenvalue weighted by atomic mass is 32.2. The van der Waals surface area contributed by atoms with E-state index in [-0.39, 0.29) is 47.6 Å². The predicted molar refractivity (Wildman–Crippen MR) is 136 cm³/mol. The van der Waals surface area contributed by atoms with Crippen molar-refractivity contribution in [2.75, 3.05) is 49.6 Å². The maximum Gasteiger partial charge on any atom is 0.245 e. The summed E-state index contributed by atoms with van der Waals surface area (Å²) in [4.78, 5) is 26.7. The third kappa shape index (κ3) is 5.11. The van der Waals surface area contributed by atoms with Crippen molar-refractivity contribution in [1.29, 1.82) is 0 Å². The molecule has 36 heavy (non-hydrogen) atoms. The van der Waals surface area contributed by atoms with E-state index in [0.717, 1.165) is 12.0 Å². The van der Waals surface area contributed by atoms with Crippen molar-refractivity contribution >= 4 is 33.2 Å². The second-order valence-corrected chi connectivity index (χ2v) is 11.6. The first kappa shape index (κ1) is 24.7. The van der Waals surface area contributed by atoms with Crippen molar-refractivity contribution < 1.29 is 22.7 Å². The van der Waals surface area contributed by atoms with Gasteiger partial charge in [0.15, 0.2) is 0 Å². The number of nitrogens with one attached hydrogen (secondary N) is 1. The summed E-state index contributed by atoms with van der Waals surface area (Å²) in [5.74, 6) is -0.556. The lowest BCUT2D eigenvalue weighted by molar-refractivity contribution is -0.122. The Kier molecular flexibility index (Phi) is 7.00. The van der Waals surface area contributed by atoms with Crippen LogP contribution in [0.3, 0.4) is 0 Å². The number of nitrogens with zero attached hydrogens (tertiary/aromatic N) is 2. The fourth-order valence-electron chi connectivity index (χ4n) is 5.18. The van der Waals surface area contributed by atoms with Crippen molar-refractivity contribution in [3.8, 4) is 0 Å². The van der Waals surface area contributed by atoms with Crippen LogP contribution in [-0.2, 0) is 24.3 Å². The van der Waals surface area contributed by atoms with E-state index < -0.39 is 10.0 Å². The van der Waals surface area contributed by atoms with E-state index in [1.54, 1.807) is 18.2 Å². The van der Waals surface area contributed by atoms with Crippen molar-refractivity contribution in [1.82, 2.24) is 4.31 Å². The molecule has 2 aliphatic heterocycles. The van der Waals surface area contributed by atoms with Crippen LogP contribution >= 0.6 is 0 Å². The monoisotopic (exact) mass is 512 g/mol. The fourth-order valence-corrected chi connectivity index (χ4v) is 6.82. The summed E-state index contributed by atoms with van der Waals surface area (Å²) in [6, 6.07) is 15.0. The van der Waals surface area contributed by atoms with Gasteiger partial charge >= 0.3 is 0 Å². The third-order valence-corrected chi connectivity index (χ3v) is 9.34. The zero-order valence-corrected chi connectivity index (χ0v) is 21.0. The van der Waals surface area contributed by atoms with Gasteiger partial charge in [0.1, 0.15) is 4.90 Å². The molecule has 192 valence electrons. The lowest BCUT2D eigenvalue weighted by atomic mass is 9.96. The van der Waals surface area contributed by atoms with E-state index >= 15 is 0 Å². The molecule has 3 fully saturated rings. The number of ether oxygens (including phenoxy) is 1. The van der Waals surface area contributed by atoms with Crippen LogP contribution in [0.1, 0.15) is 30.7 Å². The minimum atomic E-state index is -3.82. The lowest BCUT2D eigenvalue weighted by Crippen LogP contribution is -2.42. The number of sulfonamides is 1. The first-order valence-electron chi connectivity index (χ1n) is 12.5. The Hall–Kier alpha value is -2.95. The van der Waals surface area contributed by atoms with E-state index in [1.807, 2.05) is 35.2 Å². The molecule has 2 heterocycles. The Morgan fingerprint density at radius 1 is 0.972 bits per heavy atom. The molecule has 9 nitrogen and oxygen atoms in total. The molecular formula is C26H32N4O5S. The van der Waals surface area contributed by atoms with Crippen LogP contribution in [0.4, 0.5) is 11.4 Å². The average molecular weight is 513 g/mol. The Labute approximate surface area is 211 Å². The van der Waals surface area contributed by atoms with Gasteiger partial charge in [-0.3, -0.25) is 9.59 Å². The number of amides is 2. The van der Waals surface area contributed by atoms with Crippen molar-refractivity contribution in [3.05, 3.63) is 54.1 Å². The van der Waals surface area contributed by atoms with Gasteiger partial charge in [-0.15, -0.1) is 0 Å². The number of rotatable bonds is 7. The standard InChI is InChI=1S/C26H32N4O5S/c27-25(31)19-8-10-29(11-9-19)23-7-6-20(16-24(23)36(33,34)30-12-14-35-15-13-30)28-26(32)22-17-21(22)18-4-2-1-3-5-18/h1-7,16,19,21-22H,8-15,17H2,(H2,27,31)(H,28,32)/t21-,22+/m0/s1. The van der Waals surface area contributed by atoms with Gasteiger partial charge in [-0.2, -0.15) is 4.31 Å². The highest BCUT2D eigenvalue weighted by molar-refractivity contribution is 7.89. The second kappa shape index (κ2) is 10.2. The summed E-state index contributed by atoms with van der Waals surface area (Å²) in [5, 5.41) is 2.94. The quantitative estimate of drug-likeness (QED) is 0.586. The molecule has 0 bridgehead atoms. The number of nitrogens with two attached hydrogens (primary N) is 1. The molecule has 2 atom stereocenters. The molecule has 10 heteroatoms. The van der Waals surface area contributed by atoms with Crippen molar-refractivity contribution in [2.45, 2.75) is 30.1 Å². The van der Waals surface area contributed by atoms with Gasteiger partial charge in [-0.05, 0) is 48.9 Å². The number of carbonyl (C=O) groups excluding carboxylic acids is 2. The number of hydrogen-bond acceptors (Lipinski definition) is 6. The number of primary amides is 1. The van der Waals surface area contributed by atoms with Gasteiger partial charge < -0.3 is 20.7 Å². The van der Waals surface area contributed by atoms with Gasteiger partial charge in [-0.25, -0.2) is 8.42 Å². The number of benzene rings is 2. The van der Waals surface area contributed by atoms with Crippen LogP contribution < -0.4 is 16.0 Å². The Morgan fingerprint density at radius 3 is 2.33 bits per heavy atom. The molecule has 2 aromatic rings. The smallest absolute Gasteiger partial charge is 0.245 e. The molecular weight excluding hydrogens is 480 g/mol. The van der Waals surface area contributed by atoms with Crippen LogP contribution in [0.25, 0.3) is 0 Å². The minimum Gasteiger partial charge on any atom is -0.379 e. The number of hydrogen-bond donors (Lipinski definition) is 2. The average Bonchev–Trinajstić information content (AvgIpc) is 3.71. The summed E-state index contributed by atoms with van der Waals surface area (Å²) in [6.45, 7) is 2.32. The Balaban J connectivity index is 1.39. The number of piperidine rings is 1. The van der Waals surface area contributed by atoms with Crippen LogP contribution in [-0.4, -0.2) is 63.9 Å². The highest BCUT2D eigenvalue weighted by Gasteiger charge is 2.44. The lowest BCUT2D eigenvalue weighted by Gasteiger charge is -2.35. The van der Waals surface area contributed by atoms with Gasteiger partial charge in [0.25, 0.3) is 0 Å². The van der Waals surface area contributed by atoms with Gasteiger partial charge in [-0.1, -0.05) is 30.3 Å². The van der Waals surface area contributed by atoms with Crippen molar-refractivity contribution in [2.24, 2.45) is 17.6 Å². The van der Waals surface area contributed by atoms with Crippen LogP contribution in [0, 0.1) is 11.8 Å². The van der Waals surface area contributed by atoms with E-state index in [1.165, 1.54) is 4.31 Å². The molecule has 0 spiro atoms. The maximum atomic E-state index is 13.7. The van der Waals surface area contributed by atoms with E-state index in [0.29, 0.717) is 50.5 Å². The topological polar surface area (TPSA) is 122 Å². The van der Waals surface area contributed by atoms with Gasteiger partial charge in [0.05, 0.1) is 18.9 Å². The number of anilines is 2. The first-order valence-corrected chi connectivity index (χ1v) is 13.9. The zero-order valence-electron chi connectivity index (χ0n) is 20.1. The van der Waals surface area contributed by atoms with Gasteiger partial charge in [0.2, 0.25) is 21.8 Å². The minimum absolute atomic E-state index is 0.103. The zero-order chi connectivity index (χ0) is 25.3. The Morgan fingerprint density at radius 2 is 1.67 bits per heavy atom. The maximum absolute atomic E-state index is 13.7. The van der Waals surface area contributed by atoms with E-state index in [2.05, 4.69) is 5.32 Å².